The predicted octanol–water partition coefficient (Wildman–Crippen LogP) is 8.82. The van der Waals surface area contributed by atoms with Crippen molar-refractivity contribution in [2.45, 2.75) is 49.7 Å². The van der Waals surface area contributed by atoms with E-state index in [2.05, 4.69) is 9.80 Å². The molecule has 0 spiro atoms. The number of hydrogen-bond donors (Lipinski definition) is 0. The average molecular weight is 690 g/mol. The molecule has 46 heavy (non-hydrogen) atoms. The molecule has 1 aromatic heterocycles. The lowest BCUT2D eigenvalue weighted by molar-refractivity contribution is -0.158. The van der Waals surface area contributed by atoms with Gasteiger partial charge in [0, 0.05) is 64.5 Å². The fourth-order valence-corrected chi connectivity index (χ4v) is 7.17. The molecule has 6 nitrogen and oxygen atoms in total. The van der Waals surface area contributed by atoms with Gasteiger partial charge in [0.05, 0.1) is 17.9 Å². The molecule has 1 aliphatic rings. The number of halogens is 4. The highest BCUT2D eigenvalue weighted by Gasteiger charge is 2.32. The van der Waals surface area contributed by atoms with Gasteiger partial charge in [-0.2, -0.15) is 13.2 Å². The number of carbonyl (C=O) groups is 1. The molecule has 0 saturated carbocycles. The lowest BCUT2D eigenvalue weighted by Gasteiger charge is -2.36. The first-order chi connectivity index (χ1) is 21.9. The largest absolute Gasteiger partial charge is 0.476 e. The summed E-state index contributed by atoms with van der Waals surface area (Å²) in [6, 6.07) is 20.6. The van der Waals surface area contributed by atoms with Crippen LogP contribution < -0.4 is 9.64 Å². The smallest absolute Gasteiger partial charge is 0.416 e. The average Bonchev–Trinajstić information content (AvgIpc) is 3.43. The summed E-state index contributed by atoms with van der Waals surface area (Å²) >= 11 is 9.22. The number of thiazole rings is 1. The first-order valence-corrected chi connectivity index (χ1v) is 17.1. The van der Waals surface area contributed by atoms with Gasteiger partial charge in [-0.05, 0) is 81.4 Å². The Bertz CT molecular complexity index is 1600. The van der Waals surface area contributed by atoms with Gasteiger partial charge in [-0.15, -0.1) is 23.1 Å². The molecular formula is C34H35ClF3N3O3S2. The standard InChI is InChI=1S/C34H35ClF3N3O3S2/c1-4-43-32(42)33(2,3)44-27-13-15-28(16-14-27)45-22-30-29(39-31(46-30)23-5-7-24(8-6-23)34(36,37)38)21-40-17-19-41(20-18-40)26-11-9-25(35)10-12-26/h5-16H,4,17-22H2,1-3H3. The third-order valence-corrected chi connectivity index (χ3v) is 10.1. The van der Waals surface area contributed by atoms with Gasteiger partial charge in [-0.1, -0.05) is 23.7 Å². The van der Waals surface area contributed by atoms with Crippen LogP contribution in [-0.4, -0.2) is 54.2 Å². The van der Waals surface area contributed by atoms with Crippen LogP contribution in [0.2, 0.25) is 5.02 Å². The van der Waals surface area contributed by atoms with E-state index in [1.165, 1.54) is 23.5 Å². The van der Waals surface area contributed by atoms with Crippen molar-refractivity contribution < 1.29 is 27.4 Å². The zero-order chi connectivity index (χ0) is 32.9. The fourth-order valence-electron chi connectivity index (χ4n) is 4.97. The summed E-state index contributed by atoms with van der Waals surface area (Å²) in [5.41, 5.74) is 0.940. The number of carbonyl (C=O) groups excluding carboxylic acids is 1. The number of esters is 1. The van der Waals surface area contributed by atoms with Crippen molar-refractivity contribution >= 4 is 46.4 Å². The molecule has 1 saturated heterocycles. The minimum atomic E-state index is -4.39. The molecule has 3 aromatic carbocycles. The highest BCUT2D eigenvalue weighted by molar-refractivity contribution is 7.98. The minimum absolute atomic E-state index is 0.279. The van der Waals surface area contributed by atoms with Crippen LogP contribution in [0.1, 0.15) is 36.9 Å². The molecule has 1 aliphatic heterocycles. The van der Waals surface area contributed by atoms with Crippen LogP contribution in [0.3, 0.4) is 0 Å². The second kappa shape index (κ2) is 14.7. The Morgan fingerprint density at radius 2 is 1.61 bits per heavy atom. The lowest BCUT2D eigenvalue weighted by Crippen LogP contribution is -2.46. The maximum absolute atomic E-state index is 13.2. The van der Waals surface area contributed by atoms with Gasteiger partial charge >= 0.3 is 12.1 Å². The van der Waals surface area contributed by atoms with Crippen LogP contribution in [0, 0.1) is 0 Å². The number of alkyl halides is 3. The van der Waals surface area contributed by atoms with Crippen molar-refractivity contribution in [2.75, 3.05) is 37.7 Å². The van der Waals surface area contributed by atoms with Gasteiger partial charge in [0.15, 0.2) is 5.60 Å². The second-order valence-electron chi connectivity index (χ2n) is 11.3. The Morgan fingerprint density at radius 3 is 2.22 bits per heavy atom. The number of ether oxygens (including phenoxy) is 2. The second-order valence-corrected chi connectivity index (χ2v) is 13.9. The van der Waals surface area contributed by atoms with Crippen LogP contribution >= 0.6 is 34.7 Å². The third-order valence-electron chi connectivity index (χ3n) is 7.51. The summed E-state index contributed by atoms with van der Waals surface area (Å²) in [5, 5.41) is 1.41. The number of rotatable bonds is 11. The van der Waals surface area contributed by atoms with E-state index in [9.17, 15) is 18.0 Å². The summed E-state index contributed by atoms with van der Waals surface area (Å²) in [6.45, 7) is 9.46. The highest BCUT2D eigenvalue weighted by Crippen LogP contribution is 2.36. The monoisotopic (exact) mass is 689 g/mol. The van der Waals surface area contributed by atoms with Crippen molar-refractivity contribution in [3.8, 4) is 16.3 Å². The van der Waals surface area contributed by atoms with Crippen molar-refractivity contribution in [3.05, 3.63) is 94.0 Å². The number of nitrogens with zero attached hydrogens (tertiary/aromatic N) is 3. The quantitative estimate of drug-likeness (QED) is 0.115. The topological polar surface area (TPSA) is 54.9 Å². The Morgan fingerprint density at radius 1 is 0.957 bits per heavy atom. The molecule has 1 fully saturated rings. The molecule has 2 heterocycles. The Balaban J connectivity index is 1.29. The lowest BCUT2D eigenvalue weighted by atomic mass is 10.1. The molecule has 5 rings (SSSR count). The maximum Gasteiger partial charge on any atom is 0.416 e. The van der Waals surface area contributed by atoms with Gasteiger partial charge in [-0.25, -0.2) is 9.78 Å². The summed E-state index contributed by atoms with van der Waals surface area (Å²) in [4.78, 5) is 23.9. The molecule has 12 heteroatoms. The number of thioether (sulfide) groups is 1. The number of anilines is 1. The molecule has 0 N–H and O–H groups in total. The number of hydrogen-bond acceptors (Lipinski definition) is 8. The first-order valence-electron chi connectivity index (χ1n) is 14.9. The summed E-state index contributed by atoms with van der Waals surface area (Å²) in [5.74, 6) is 0.775. The van der Waals surface area contributed by atoms with Gasteiger partial charge < -0.3 is 14.4 Å². The predicted molar refractivity (Wildman–Crippen MR) is 179 cm³/mol. The molecule has 0 radical (unpaired) electrons. The molecule has 0 amide bonds. The number of piperazine rings is 1. The van der Waals surface area contributed by atoms with E-state index >= 15 is 0 Å². The molecule has 244 valence electrons. The summed E-state index contributed by atoms with van der Waals surface area (Å²) in [7, 11) is 0. The van der Waals surface area contributed by atoms with Gasteiger partial charge in [0.2, 0.25) is 0 Å². The van der Waals surface area contributed by atoms with E-state index in [1.807, 2.05) is 48.5 Å². The third kappa shape index (κ3) is 8.76. The zero-order valence-corrected chi connectivity index (χ0v) is 28.2. The van der Waals surface area contributed by atoms with Crippen molar-refractivity contribution in [3.63, 3.8) is 0 Å². The molecule has 0 aliphatic carbocycles. The Kier molecular flexibility index (Phi) is 10.9. The SMILES string of the molecule is CCOC(=O)C(C)(C)Oc1ccc(SCc2sc(-c3ccc(C(F)(F)F)cc3)nc2CN2CCN(c3ccc(Cl)cc3)CC2)cc1. The van der Waals surface area contributed by atoms with E-state index in [0.29, 0.717) is 33.6 Å². The molecule has 0 atom stereocenters. The van der Waals surface area contributed by atoms with Crippen LogP contribution in [-0.2, 0) is 28.0 Å². The van der Waals surface area contributed by atoms with Crippen LogP contribution in [0.25, 0.3) is 10.6 Å². The number of benzene rings is 3. The van der Waals surface area contributed by atoms with Crippen LogP contribution in [0.4, 0.5) is 18.9 Å². The maximum atomic E-state index is 13.2. The minimum Gasteiger partial charge on any atom is -0.476 e. The van der Waals surface area contributed by atoms with Gasteiger partial charge in [0.25, 0.3) is 0 Å². The van der Waals surface area contributed by atoms with E-state index in [4.69, 9.17) is 26.1 Å². The molecule has 0 unspecified atom stereocenters. The van der Waals surface area contributed by atoms with Crippen molar-refractivity contribution in [2.24, 2.45) is 0 Å². The van der Waals surface area contributed by atoms with E-state index in [-0.39, 0.29) is 6.61 Å². The zero-order valence-electron chi connectivity index (χ0n) is 25.8. The van der Waals surface area contributed by atoms with Crippen molar-refractivity contribution in [1.29, 1.82) is 0 Å². The molecule has 0 bridgehead atoms. The van der Waals surface area contributed by atoms with Gasteiger partial charge in [0.1, 0.15) is 10.8 Å². The van der Waals surface area contributed by atoms with E-state index in [1.54, 1.807) is 32.5 Å². The Labute approximate surface area is 280 Å². The summed E-state index contributed by atoms with van der Waals surface area (Å²) < 4.78 is 50.5. The van der Waals surface area contributed by atoms with Gasteiger partial charge in [-0.3, -0.25) is 4.90 Å². The molecule has 4 aromatic rings. The summed E-state index contributed by atoms with van der Waals surface area (Å²) in [6.07, 6.45) is -4.39. The van der Waals surface area contributed by atoms with E-state index < -0.39 is 23.3 Å². The van der Waals surface area contributed by atoms with Crippen LogP contribution in [0.5, 0.6) is 5.75 Å². The normalized spacial score (nSPS) is 14.4. The van der Waals surface area contributed by atoms with Crippen molar-refractivity contribution in [1.82, 2.24) is 9.88 Å². The highest BCUT2D eigenvalue weighted by atomic mass is 35.5. The first kappa shape index (κ1) is 34.1. The number of aromatic nitrogens is 1. The van der Waals surface area contributed by atoms with Crippen LogP contribution in [0.15, 0.2) is 77.7 Å². The molecular weight excluding hydrogens is 655 g/mol. The van der Waals surface area contributed by atoms with E-state index in [0.717, 1.165) is 59.5 Å². The fraction of sp³-hybridized carbons (Fsp3) is 0.353. The Hall–Kier alpha value is -3.25.